The number of rotatable bonds is 9. The van der Waals surface area contributed by atoms with E-state index in [1.807, 2.05) is 0 Å². The summed E-state index contributed by atoms with van der Waals surface area (Å²) in [5.74, 6) is -0.743. The SMILES string of the molecule is COCCNc1ccc(C(=O)OCC(=O)N[C@@H]2CCCC[C@@H]2C)cc1[N+](=O)[O-]. The molecule has 0 aliphatic heterocycles. The maximum Gasteiger partial charge on any atom is 0.338 e. The van der Waals surface area contributed by atoms with Gasteiger partial charge < -0.3 is 20.1 Å². The van der Waals surface area contributed by atoms with Gasteiger partial charge in [0.25, 0.3) is 11.6 Å². The molecule has 0 spiro atoms. The second-order valence-electron chi connectivity index (χ2n) is 6.92. The maximum absolute atomic E-state index is 12.2. The normalized spacial score (nSPS) is 18.9. The molecule has 2 rings (SSSR count). The van der Waals surface area contributed by atoms with Gasteiger partial charge in [-0.2, -0.15) is 0 Å². The molecule has 1 aromatic rings. The predicted molar refractivity (Wildman–Crippen MR) is 103 cm³/mol. The molecule has 9 heteroatoms. The lowest BCUT2D eigenvalue weighted by Crippen LogP contribution is -2.42. The average Bonchev–Trinajstić information content (AvgIpc) is 2.68. The largest absolute Gasteiger partial charge is 0.452 e. The molecule has 9 nitrogen and oxygen atoms in total. The van der Waals surface area contributed by atoms with Crippen molar-refractivity contribution in [3.63, 3.8) is 0 Å². The van der Waals surface area contributed by atoms with E-state index in [1.54, 1.807) is 0 Å². The smallest absolute Gasteiger partial charge is 0.338 e. The molecular formula is C19H27N3O6. The molecule has 1 fully saturated rings. The number of carbonyl (C=O) groups excluding carboxylic acids is 2. The Hall–Kier alpha value is -2.68. The number of nitro benzene ring substituents is 1. The van der Waals surface area contributed by atoms with Crippen LogP contribution in [0.15, 0.2) is 18.2 Å². The van der Waals surface area contributed by atoms with Crippen LogP contribution in [0.4, 0.5) is 11.4 Å². The second kappa shape index (κ2) is 10.6. The van der Waals surface area contributed by atoms with Gasteiger partial charge >= 0.3 is 5.97 Å². The van der Waals surface area contributed by atoms with Crippen LogP contribution in [0.3, 0.4) is 0 Å². The van der Waals surface area contributed by atoms with E-state index in [2.05, 4.69) is 17.6 Å². The second-order valence-corrected chi connectivity index (χ2v) is 6.92. The number of esters is 1. The van der Waals surface area contributed by atoms with Crippen molar-refractivity contribution in [2.24, 2.45) is 5.92 Å². The molecule has 0 saturated heterocycles. The summed E-state index contributed by atoms with van der Waals surface area (Å²) in [4.78, 5) is 34.9. The Morgan fingerprint density at radius 3 is 2.71 bits per heavy atom. The molecule has 2 atom stereocenters. The fraction of sp³-hybridized carbons (Fsp3) is 0.579. The van der Waals surface area contributed by atoms with Crippen LogP contribution in [-0.2, 0) is 14.3 Å². The van der Waals surface area contributed by atoms with E-state index in [9.17, 15) is 19.7 Å². The number of benzene rings is 1. The lowest BCUT2D eigenvalue weighted by molar-refractivity contribution is -0.384. The summed E-state index contributed by atoms with van der Waals surface area (Å²) in [6, 6.07) is 4.09. The van der Waals surface area contributed by atoms with E-state index in [0.29, 0.717) is 19.1 Å². The van der Waals surface area contributed by atoms with Gasteiger partial charge in [0.05, 0.1) is 17.1 Å². The first-order valence-electron chi connectivity index (χ1n) is 9.40. The minimum absolute atomic E-state index is 0.0165. The molecule has 0 radical (unpaired) electrons. The van der Waals surface area contributed by atoms with Crippen molar-refractivity contribution >= 4 is 23.3 Å². The average molecular weight is 393 g/mol. The molecule has 1 amide bonds. The quantitative estimate of drug-likeness (QED) is 0.286. The number of nitrogens with zero attached hydrogens (tertiary/aromatic N) is 1. The summed E-state index contributed by atoms with van der Waals surface area (Å²) in [6.07, 6.45) is 4.23. The van der Waals surface area contributed by atoms with Crippen LogP contribution in [0, 0.1) is 16.0 Å². The van der Waals surface area contributed by atoms with E-state index in [-0.39, 0.29) is 28.9 Å². The van der Waals surface area contributed by atoms with Crippen LogP contribution < -0.4 is 10.6 Å². The van der Waals surface area contributed by atoms with Crippen molar-refractivity contribution in [1.82, 2.24) is 5.32 Å². The lowest BCUT2D eigenvalue weighted by Gasteiger charge is -2.29. The van der Waals surface area contributed by atoms with Gasteiger partial charge in [-0.1, -0.05) is 19.8 Å². The summed E-state index contributed by atoms with van der Waals surface area (Å²) in [6.45, 7) is 2.46. The van der Waals surface area contributed by atoms with E-state index < -0.39 is 17.5 Å². The number of carbonyl (C=O) groups is 2. The first kappa shape index (κ1) is 21.6. The van der Waals surface area contributed by atoms with E-state index >= 15 is 0 Å². The van der Waals surface area contributed by atoms with Crippen molar-refractivity contribution in [3.8, 4) is 0 Å². The minimum Gasteiger partial charge on any atom is -0.452 e. The summed E-state index contributed by atoms with van der Waals surface area (Å²) in [5, 5.41) is 17.0. The summed E-state index contributed by atoms with van der Waals surface area (Å²) >= 11 is 0. The topological polar surface area (TPSA) is 120 Å². The zero-order chi connectivity index (χ0) is 20.5. The van der Waals surface area contributed by atoms with Crippen LogP contribution in [-0.4, -0.2) is 49.7 Å². The van der Waals surface area contributed by atoms with E-state index in [4.69, 9.17) is 9.47 Å². The minimum atomic E-state index is -0.779. The molecule has 154 valence electrons. The molecule has 1 aromatic carbocycles. The number of methoxy groups -OCH3 is 1. The Labute approximate surface area is 163 Å². The van der Waals surface area contributed by atoms with Crippen molar-refractivity contribution < 1.29 is 24.0 Å². The summed E-state index contributed by atoms with van der Waals surface area (Å²) < 4.78 is 9.92. The van der Waals surface area contributed by atoms with Gasteiger partial charge in [0, 0.05) is 25.8 Å². The maximum atomic E-state index is 12.2. The Kier molecular flexibility index (Phi) is 8.19. The highest BCUT2D eigenvalue weighted by Gasteiger charge is 2.24. The highest BCUT2D eigenvalue weighted by Crippen LogP contribution is 2.26. The Morgan fingerprint density at radius 1 is 1.29 bits per heavy atom. The third-order valence-corrected chi connectivity index (χ3v) is 4.84. The van der Waals surface area contributed by atoms with Crippen LogP contribution in [0.1, 0.15) is 43.0 Å². The first-order chi connectivity index (χ1) is 13.4. The van der Waals surface area contributed by atoms with Gasteiger partial charge in [-0.25, -0.2) is 4.79 Å². The molecule has 1 saturated carbocycles. The molecule has 0 bridgehead atoms. The molecule has 2 N–H and O–H groups in total. The van der Waals surface area contributed by atoms with Crippen molar-refractivity contribution in [2.45, 2.75) is 38.6 Å². The molecule has 0 aromatic heterocycles. The number of nitro groups is 1. The van der Waals surface area contributed by atoms with Gasteiger partial charge in [0.1, 0.15) is 5.69 Å². The van der Waals surface area contributed by atoms with Gasteiger partial charge in [-0.05, 0) is 30.9 Å². The van der Waals surface area contributed by atoms with Crippen LogP contribution in [0.25, 0.3) is 0 Å². The number of amides is 1. The van der Waals surface area contributed by atoms with E-state index in [0.717, 1.165) is 31.7 Å². The number of hydrogen-bond donors (Lipinski definition) is 2. The molecule has 0 heterocycles. The van der Waals surface area contributed by atoms with E-state index in [1.165, 1.54) is 19.2 Å². The highest BCUT2D eigenvalue weighted by atomic mass is 16.6. The predicted octanol–water partition coefficient (Wildman–Crippen LogP) is 2.50. The number of ether oxygens (including phenoxy) is 2. The monoisotopic (exact) mass is 393 g/mol. The van der Waals surface area contributed by atoms with Crippen molar-refractivity contribution in [3.05, 3.63) is 33.9 Å². The zero-order valence-corrected chi connectivity index (χ0v) is 16.2. The summed E-state index contributed by atoms with van der Waals surface area (Å²) in [7, 11) is 1.53. The van der Waals surface area contributed by atoms with Gasteiger partial charge in [0.15, 0.2) is 6.61 Å². The molecule has 0 unspecified atom stereocenters. The number of anilines is 1. The van der Waals surface area contributed by atoms with Gasteiger partial charge in [-0.15, -0.1) is 0 Å². The van der Waals surface area contributed by atoms with Crippen LogP contribution in [0.5, 0.6) is 0 Å². The Morgan fingerprint density at radius 2 is 2.04 bits per heavy atom. The Balaban J connectivity index is 1.92. The first-order valence-corrected chi connectivity index (χ1v) is 9.40. The number of hydrogen-bond acceptors (Lipinski definition) is 7. The third kappa shape index (κ3) is 6.19. The fourth-order valence-electron chi connectivity index (χ4n) is 3.24. The standard InChI is InChI=1S/C19H27N3O6/c1-13-5-3-4-6-15(13)21-18(23)12-28-19(24)14-7-8-16(20-9-10-27-2)17(11-14)22(25)26/h7-8,11,13,15,20H,3-6,9-10,12H2,1-2H3,(H,21,23)/t13-,15+/m0/s1. The van der Waals surface area contributed by atoms with Gasteiger partial charge in [-0.3, -0.25) is 14.9 Å². The number of nitrogens with one attached hydrogen (secondary N) is 2. The molecule has 1 aliphatic carbocycles. The Bertz CT molecular complexity index is 709. The van der Waals surface area contributed by atoms with Gasteiger partial charge in [0.2, 0.25) is 0 Å². The lowest BCUT2D eigenvalue weighted by atomic mass is 9.86. The molecular weight excluding hydrogens is 366 g/mol. The molecule has 28 heavy (non-hydrogen) atoms. The summed E-state index contributed by atoms with van der Waals surface area (Å²) in [5.41, 5.74) is 0.0523. The third-order valence-electron chi connectivity index (χ3n) is 4.84. The van der Waals surface area contributed by atoms with Crippen molar-refractivity contribution in [2.75, 3.05) is 32.2 Å². The van der Waals surface area contributed by atoms with Crippen LogP contribution >= 0.6 is 0 Å². The fourth-order valence-corrected chi connectivity index (χ4v) is 3.24. The van der Waals surface area contributed by atoms with Crippen molar-refractivity contribution in [1.29, 1.82) is 0 Å². The molecule has 1 aliphatic rings. The highest BCUT2D eigenvalue weighted by molar-refractivity contribution is 5.93. The zero-order valence-electron chi connectivity index (χ0n) is 16.2. The van der Waals surface area contributed by atoms with Crippen LogP contribution in [0.2, 0.25) is 0 Å².